The lowest BCUT2D eigenvalue weighted by Crippen LogP contribution is -2.09. The number of carbonyl (C=O) groups is 1. The van der Waals surface area contributed by atoms with Crippen LogP contribution < -0.4 is 0 Å². The Labute approximate surface area is 152 Å². The van der Waals surface area contributed by atoms with Crippen molar-refractivity contribution in [3.05, 3.63) is 77.8 Å². The summed E-state index contributed by atoms with van der Waals surface area (Å²) in [5.74, 6) is 0.0314. The monoisotopic (exact) mass is 344 g/mol. The van der Waals surface area contributed by atoms with Gasteiger partial charge in [-0.3, -0.25) is 4.79 Å². The third-order valence-electron chi connectivity index (χ3n) is 4.94. The second kappa shape index (κ2) is 6.26. The van der Waals surface area contributed by atoms with Gasteiger partial charge in [-0.25, -0.2) is 9.97 Å². The van der Waals surface area contributed by atoms with Crippen molar-refractivity contribution in [1.29, 1.82) is 0 Å². The molecule has 0 aliphatic carbocycles. The van der Waals surface area contributed by atoms with Crippen molar-refractivity contribution in [2.45, 2.75) is 20.3 Å². The van der Waals surface area contributed by atoms with Gasteiger partial charge in [-0.05, 0) is 48.2 Å². The van der Waals surface area contributed by atoms with E-state index in [1.807, 2.05) is 17.5 Å². The highest BCUT2D eigenvalue weighted by molar-refractivity contribution is 5.95. The average molecular weight is 344 g/mol. The summed E-state index contributed by atoms with van der Waals surface area (Å²) < 4.78 is 3.75. The van der Waals surface area contributed by atoms with Crippen molar-refractivity contribution >= 4 is 11.4 Å². The van der Waals surface area contributed by atoms with Gasteiger partial charge in [0.05, 0.1) is 24.6 Å². The summed E-state index contributed by atoms with van der Waals surface area (Å²) in [4.78, 5) is 21.1. The molecule has 0 unspecified atom stereocenters. The van der Waals surface area contributed by atoms with Gasteiger partial charge < -0.3 is 8.97 Å². The zero-order valence-corrected chi connectivity index (χ0v) is 15.1. The van der Waals surface area contributed by atoms with Gasteiger partial charge in [-0.1, -0.05) is 18.2 Å². The number of carbonyl (C=O) groups excluding carboxylic acids is 1. The van der Waals surface area contributed by atoms with E-state index in [2.05, 4.69) is 54.3 Å². The highest BCUT2D eigenvalue weighted by Crippen LogP contribution is 2.26. The number of imidazole rings is 2. The molecule has 0 saturated heterocycles. The molecule has 0 atom stereocenters. The molecule has 4 aromatic rings. The lowest BCUT2D eigenvalue weighted by atomic mass is 9.98. The van der Waals surface area contributed by atoms with E-state index in [9.17, 15) is 4.79 Å². The minimum absolute atomic E-state index is 0.0314. The third kappa shape index (κ3) is 2.71. The molecule has 26 heavy (non-hydrogen) atoms. The van der Waals surface area contributed by atoms with Crippen LogP contribution in [0.1, 0.15) is 27.3 Å². The van der Waals surface area contributed by atoms with Crippen LogP contribution in [-0.4, -0.2) is 24.7 Å². The predicted octanol–water partition coefficient (Wildman–Crippen LogP) is 3.78. The molecule has 3 heterocycles. The molecule has 0 saturated carbocycles. The number of hydrogen-bond donors (Lipinski definition) is 0. The molecule has 0 radical (unpaired) electrons. The van der Waals surface area contributed by atoms with Gasteiger partial charge in [-0.2, -0.15) is 0 Å². The van der Waals surface area contributed by atoms with E-state index < -0.39 is 0 Å². The lowest BCUT2D eigenvalue weighted by molar-refractivity contribution is 0.0984. The third-order valence-corrected chi connectivity index (χ3v) is 4.94. The molecule has 130 valence electrons. The van der Waals surface area contributed by atoms with Crippen molar-refractivity contribution in [3.8, 4) is 11.1 Å². The smallest absolute Gasteiger partial charge is 0.186 e. The highest BCUT2D eigenvalue weighted by atomic mass is 16.1. The summed E-state index contributed by atoms with van der Waals surface area (Å²) in [5.41, 5.74) is 7.16. The second-order valence-electron chi connectivity index (χ2n) is 6.63. The molecule has 0 aliphatic heterocycles. The Hall–Kier alpha value is -3.21. The summed E-state index contributed by atoms with van der Waals surface area (Å²) >= 11 is 0. The second-order valence-corrected chi connectivity index (χ2v) is 6.63. The van der Waals surface area contributed by atoms with Gasteiger partial charge in [0.2, 0.25) is 0 Å². The summed E-state index contributed by atoms with van der Waals surface area (Å²) in [7, 11) is 1.83. The topological polar surface area (TPSA) is 52.2 Å². The molecule has 3 aromatic heterocycles. The van der Waals surface area contributed by atoms with Gasteiger partial charge in [0.15, 0.2) is 5.78 Å². The predicted molar refractivity (Wildman–Crippen MR) is 101 cm³/mol. The van der Waals surface area contributed by atoms with E-state index in [1.165, 1.54) is 16.7 Å². The van der Waals surface area contributed by atoms with E-state index in [0.717, 1.165) is 16.9 Å². The van der Waals surface area contributed by atoms with E-state index >= 15 is 0 Å². The van der Waals surface area contributed by atoms with E-state index in [4.69, 9.17) is 0 Å². The molecule has 0 bridgehead atoms. The fraction of sp³-hybridized carbons (Fsp3) is 0.190. The molecule has 1 aromatic carbocycles. The molecular weight excluding hydrogens is 324 g/mol. The first kappa shape index (κ1) is 16.3. The van der Waals surface area contributed by atoms with Crippen molar-refractivity contribution in [2.75, 3.05) is 0 Å². The molecule has 0 spiro atoms. The van der Waals surface area contributed by atoms with Crippen molar-refractivity contribution in [3.63, 3.8) is 0 Å². The summed E-state index contributed by atoms with van der Waals surface area (Å²) in [5, 5.41) is 0. The van der Waals surface area contributed by atoms with Crippen LogP contribution in [0.15, 0.2) is 55.2 Å². The SMILES string of the molecule is Cc1cccc(-c2ccc3ncc(CC(=O)c4cncn4C)n3c2)c1C. The lowest BCUT2D eigenvalue weighted by Gasteiger charge is -2.10. The van der Waals surface area contributed by atoms with Crippen LogP contribution in [-0.2, 0) is 13.5 Å². The number of nitrogens with zero attached hydrogens (tertiary/aromatic N) is 4. The molecule has 5 nitrogen and oxygen atoms in total. The maximum Gasteiger partial charge on any atom is 0.186 e. The zero-order valence-electron chi connectivity index (χ0n) is 15.1. The first-order valence-electron chi connectivity index (χ1n) is 8.56. The Balaban J connectivity index is 1.74. The number of aromatic nitrogens is 4. The first-order valence-corrected chi connectivity index (χ1v) is 8.56. The molecule has 0 aliphatic rings. The van der Waals surface area contributed by atoms with Crippen molar-refractivity contribution in [2.24, 2.45) is 7.05 Å². The number of ketones is 1. The zero-order chi connectivity index (χ0) is 18.3. The van der Waals surface area contributed by atoms with Crippen LogP contribution in [0.4, 0.5) is 0 Å². The first-order chi connectivity index (χ1) is 12.5. The largest absolute Gasteiger partial charge is 0.331 e. The van der Waals surface area contributed by atoms with Crippen LogP contribution in [0.3, 0.4) is 0 Å². The Bertz CT molecular complexity index is 1120. The standard InChI is InChI=1S/C21H20N4O/c1-14-5-4-6-18(15(14)2)16-7-8-21-23-10-17(25(21)12-16)9-20(26)19-11-22-13-24(19)3/h4-8,10-13H,9H2,1-3H3. The van der Waals surface area contributed by atoms with Gasteiger partial charge in [0.25, 0.3) is 0 Å². The molecule has 0 N–H and O–H groups in total. The van der Waals surface area contributed by atoms with Gasteiger partial charge >= 0.3 is 0 Å². The Kier molecular flexibility index (Phi) is 3.92. The van der Waals surface area contributed by atoms with Gasteiger partial charge in [0, 0.05) is 19.4 Å². The number of aryl methyl sites for hydroxylation is 2. The van der Waals surface area contributed by atoms with Crippen LogP contribution in [0.2, 0.25) is 0 Å². The molecule has 5 heteroatoms. The van der Waals surface area contributed by atoms with Crippen LogP contribution in [0.25, 0.3) is 16.8 Å². The maximum atomic E-state index is 12.6. The number of hydrogen-bond acceptors (Lipinski definition) is 3. The van der Waals surface area contributed by atoms with E-state index in [1.54, 1.807) is 23.3 Å². The Morgan fingerprint density at radius 2 is 1.96 bits per heavy atom. The normalized spacial score (nSPS) is 11.2. The number of fused-ring (bicyclic) bond motifs is 1. The number of rotatable bonds is 4. The maximum absolute atomic E-state index is 12.6. The highest BCUT2D eigenvalue weighted by Gasteiger charge is 2.14. The van der Waals surface area contributed by atoms with Gasteiger partial charge in [-0.15, -0.1) is 0 Å². The summed E-state index contributed by atoms with van der Waals surface area (Å²) in [6.45, 7) is 4.25. The Morgan fingerprint density at radius 3 is 2.73 bits per heavy atom. The molecule has 0 fully saturated rings. The fourth-order valence-corrected chi connectivity index (χ4v) is 3.27. The minimum Gasteiger partial charge on any atom is -0.331 e. The number of Topliss-reactive ketones (excluding diaryl/α,β-unsaturated/α-hetero) is 1. The summed E-state index contributed by atoms with van der Waals surface area (Å²) in [6, 6.07) is 10.4. The van der Waals surface area contributed by atoms with Crippen molar-refractivity contribution < 1.29 is 4.79 Å². The van der Waals surface area contributed by atoms with Crippen LogP contribution >= 0.6 is 0 Å². The van der Waals surface area contributed by atoms with Crippen LogP contribution in [0.5, 0.6) is 0 Å². The number of pyridine rings is 1. The van der Waals surface area contributed by atoms with E-state index in [-0.39, 0.29) is 12.2 Å². The molecule has 4 rings (SSSR count). The van der Waals surface area contributed by atoms with Crippen molar-refractivity contribution in [1.82, 2.24) is 18.9 Å². The molecule has 0 amide bonds. The fourth-order valence-electron chi connectivity index (χ4n) is 3.27. The van der Waals surface area contributed by atoms with Gasteiger partial charge in [0.1, 0.15) is 11.3 Å². The quantitative estimate of drug-likeness (QED) is 0.530. The Morgan fingerprint density at radius 1 is 1.12 bits per heavy atom. The van der Waals surface area contributed by atoms with E-state index in [0.29, 0.717) is 5.69 Å². The molecular formula is C21H20N4O. The minimum atomic E-state index is 0.0314. The van der Waals surface area contributed by atoms with Crippen LogP contribution in [0, 0.1) is 13.8 Å². The average Bonchev–Trinajstić information content (AvgIpc) is 3.23. The summed E-state index contributed by atoms with van der Waals surface area (Å²) in [6.07, 6.45) is 7.37. The number of benzene rings is 1.